The van der Waals surface area contributed by atoms with Crippen molar-refractivity contribution < 1.29 is 4.52 Å². The van der Waals surface area contributed by atoms with Gasteiger partial charge in [-0.25, -0.2) is 0 Å². The number of aryl methyl sites for hydroxylation is 1. The normalized spacial score (nSPS) is 13.2. The highest BCUT2D eigenvalue weighted by Gasteiger charge is 2.12. The van der Waals surface area contributed by atoms with Gasteiger partial charge in [-0.3, -0.25) is 0 Å². The molecule has 4 nitrogen and oxygen atoms in total. The fourth-order valence-corrected chi connectivity index (χ4v) is 0.996. The molecule has 68 valence electrons. The summed E-state index contributed by atoms with van der Waals surface area (Å²) in [6.45, 7) is 4.07. The van der Waals surface area contributed by atoms with Crippen LogP contribution in [0.2, 0.25) is 0 Å². The van der Waals surface area contributed by atoms with Crippen molar-refractivity contribution >= 4 is 0 Å². The second-order valence-corrected chi connectivity index (χ2v) is 2.80. The topological polar surface area (TPSA) is 64.9 Å². The molecule has 0 amide bonds. The Labute approximate surface area is 72.1 Å². The number of nitrogens with zero attached hydrogens (tertiary/aromatic N) is 2. The van der Waals surface area contributed by atoms with Gasteiger partial charge in [0.05, 0.1) is 6.04 Å². The maximum atomic E-state index is 5.78. The van der Waals surface area contributed by atoms with Gasteiger partial charge in [0, 0.05) is 6.42 Å². The summed E-state index contributed by atoms with van der Waals surface area (Å²) in [4.78, 5) is 4.14. The van der Waals surface area contributed by atoms with Gasteiger partial charge in [-0.2, -0.15) is 4.98 Å². The average Bonchev–Trinajstić information content (AvgIpc) is 2.52. The molecule has 0 aliphatic heterocycles. The van der Waals surface area contributed by atoms with Gasteiger partial charge in [-0.1, -0.05) is 25.4 Å². The first kappa shape index (κ1) is 9.19. The van der Waals surface area contributed by atoms with Crippen LogP contribution in [0.3, 0.4) is 0 Å². The van der Waals surface area contributed by atoms with Crippen molar-refractivity contribution in [2.75, 3.05) is 0 Å². The molecule has 0 bridgehead atoms. The Morgan fingerprint density at radius 1 is 1.50 bits per heavy atom. The molecule has 1 atom stereocenters. The van der Waals surface area contributed by atoms with E-state index in [1.54, 1.807) is 0 Å². The summed E-state index contributed by atoms with van der Waals surface area (Å²) in [6.07, 6.45) is 2.72. The lowest BCUT2D eigenvalue weighted by atomic mass is 10.2. The van der Waals surface area contributed by atoms with Crippen LogP contribution in [-0.2, 0) is 6.42 Å². The number of hydrogen-bond donors (Lipinski definition) is 1. The molecule has 1 aromatic rings. The van der Waals surface area contributed by atoms with Crippen LogP contribution < -0.4 is 5.73 Å². The molecule has 1 heterocycles. The summed E-state index contributed by atoms with van der Waals surface area (Å²) >= 11 is 0. The second-order valence-electron chi connectivity index (χ2n) is 2.80. The first-order valence-electron chi connectivity index (χ1n) is 4.36. The van der Waals surface area contributed by atoms with E-state index >= 15 is 0 Å². The van der Waals surface area contributed by atoms with Crippen LogP contribution in [0.5, 0.6) is 0 Å². The standard InChI is InChI=1S/C8H15N3O/c1-3-5-6(9)8-10-7(4-2)11-12-8/h6H,3-5,9H2,1-2H3/t6-/m1/s1. The summed E-state index contributed by atoms with van der Waals surface area (Å²) in [7, 11) is 0. The molecule has 4 heteroatoms. The van der Waals surface area contributed by atoms with Crippen molar-refractivity contribution in [1.29, 1.82) is 0 Å². The van der Waals surface area contributed by atoms with E-state index in [1.165, 1.54) is 0 Å². The third-order valence-electron chi connectivity index (χ3n) is 1.72. The van der Waals surface area contributed by atoms with Crippen molar-refractivity contribution in [1.82, 2.24) is 10.1 Å². The van der Waals surface area contributed by atoms with E-state index in [9.17, 15) is 0 Å². The largest absolute Gasteiger partial charge is 0.338 e. The lowest BCUT2D eigenvalue weighted by Gasteiger charge is -2.01. The maximum Gasteiger partial charge on any atom is 0.243 e. The highest BCUT2D eigenvalue weighted by molar-refractivity contribution is 4.90. The minimum atomic E-state index is -0.0946. The molecule has 0 aliphatic carbocycles. The predicted octanol–water partition coefficient (Wildman–Crippen LogP) is 1.43. The zero-order valence-electron chi connectivity index (χ0n) is 7.58. The van der Waals surface area contributed by atoms with Crippen LogP contribution in [0.25, 0.3) is 0 Å². The quantitative estimate of drug-likeness (QED) is 0.740. The minimum absolute atomic E-state index is 0.0946. The molecule has 0 aromatic carbocycles. The predicted molar refractivity (Wildman–Crippen MR) is 45.5 cm³/mol. The highest BCUT2D eigenvalue weighted by atomic mass is 16.5. The van der Waals surface area contributed by atoms with Crippen LogP contribution in [0, 0.1) is 0 Å². The third kappa shape index (κ3) is 2.04. The minimum Gasteiger partial charge on any atom is -0.338 e. The summed E-state index contributed by atoms with van der Waals surface area (Å²) < 4.78 is 4.98. The van der Waals surface area contributed by atoms with E-state index in [-0.39, 0.29) is 6.04 Å². The van der Waals surface area contributed by atoms with E-state index in [0.29, 0.717) is 5.89 Å². The molecular formula is C8H15N3O. The average molecular weight is 169 g/mol. The Hall–Kier alpha value is -0.900. The molecule has 0 radical (unpaired) electrons. The lowest BCUT2D eigenvalue weighted by Crippen LogP contribution is -2.10. The third-order valence-corrected chi connectivity index (χ3v) is 1.72. The van der Waals surface area contributed by atoms with E-state index in [2.05, 4.69) is 17.1 Å². The van der Waals surface area contributed by atoms with Gasteiger partial charge in [-0.05, 0) is 6.42 Å². The molecular weight excluding hydrogens is 154 g/mol. The molecule has 2 N–H and O–H groups in total. The van der Waals surface area contributed by atoms with Gasteiger partial charge >= 0.3 is 0 Å². The fraction of sp³-hybridized carbons (Fsp3) is 0.750. The molecule has 0 spiro atoms. The van der Waals surface area contributed by atoms with Gasteiger partial charge in [0.1, 0.15) is 0 Å². The molecule has 0 saturated heterocycles. The molecule has 1 aromatic heterocycles. The van der Waals surface area contributed by atoms with Gasteiger partial charge < -0.3 is 10.3 Å². The zero-order valence-corrected chi connectivity index (χ0v) is 7.58. The van der Waals surface area contributed by atoms with E-state index in [4.69, 9.17) is 10.3 Å². The smallest absolute Gasteiger partial charge is 0.243 e. The maximum absolute atomic E-state index is 5.78. The van der Waals surface area contributed by atoms with E-state index in [0.717, 1.165) is 25.1 Å². The Kier molecular flexibility index (Phi) is 3.22. The van der Waals surface area contributed by atoms with Crippen LogP contribution in [0.1, 0.15) is 44.4 Å². The van der Waals surface area contributed by atoms with Crippen LogP contribution >= 0.6 is 0 Å². The van der Waals surface area contributed by atoms with Crippen molar-refractivity contribution in [3.8, 4) is 0 Å². The van der Waals surface area contributed by atoms with Crippen LogP contribution in [-0.4, -0.2) is 10.1 Å². The van der Waals surface area contributed by atoms with E-state index < -0.39 is 0 Å². The Balaban J connectivity index is 2.61. The van der Waals surface area contributed by atoms with Crippen molar-refractivity contribution in [2.45, 2.75) is 39.2 Å². The Morgan fingerprint density at radius 3 is 2.75 bits per heavy atom. The van der Waals surface area contributed by atoms with E-state index in [1.807, 2.05) is 6.92 Å². The van der Waals surface area contributed by atoms with Crippen molar-refractivity contribution in [3.05, 3.63) is 11.7 Å². The monoisotopic (exact) mass is 169 g/mol. The molecule has 12 heavy (non-hydrogen) atoms. The number of nitrogens with two attached hydrogens (primary N) is 1. The zero-order chi connectivity index (χ0) is 8.97. The fourth-order valence-electron chi connectivity index (χ4n) is 0.996. The number of aromatic nitrogens is 2. The molecule has 0 saturated carbocycles. The number of rotatable bonds is 4. The molecule has 0 aliphatic rings. The van der Waals surface area contributed by atoms with Crippen LogP contribution in [0.4, 0.5) is 0 Å². The van der Waals surface area contributed by atoms with Crippen LogP contribution in [0.15, 0.2) is 4.52 Å². The SMILES string of the molecule is CCC[C@@H](N)c1nc(CC)no1. The van der Waals surface area contributed by atoms with Gasteiger partial charge in [0.15, 0.2) is 5.82 Å². The second kappa shape index (κ2) is 4.21. The van der Waals surface area contributed by atoms with Gasteiger partial charge in [-0.15, -0.1) is 0 Å². The summed E-state index contributed by atoms with van der Waals surface area (Å²) in [5, 5.41) is 3.77. The van der Waals surface area contributed by atoms with Crippen molar-refractivity contribution in [3.63, 3.8) is 0 Å². The summed E-state index contributed by atoms with van der Waals surface area (Å²) in [6, 6.07) is -0.0946. The first-order chi connectivity index (χ1) is 5.77. The Bertz CT molecular complexity index is 234. The number of hydrogen-bond acceptors (Lipinski definition) is 4. The molecule has 0 fully saturated rings. The first-order valence-corrected chi connectivity index (χ1v) is 4.36. The summed E-state index contributed by atoms with van der Waals surface area (Å²) in [5.41, 5.74) is 5.78. The highest BCUT2D eigenvalue weighted by Crippen LogP contribution is 2.12. The summed E-state index contributed by atoms with van der Waals surface area (Å²) in [5.74, 6) is 1.30. The van der Waals surface area contributed by atoms with Crippen molar-refractivity contribution in [2.24, 2.45) is 5.73 Å². The Morgan fingerprint density at radius 2 is 2.25 bits per heavy atom. The molecule has 0 unspecified atom stereocenters. The van der Waals surface area contributed by atoms with Gasteiger partial charge in [0.2, 0.25) is 5.89 Å². The lowest BCUT2D eigenvalue weighted by molar-refractivity contribution is 0.344. The van der Waals surface area contributed by atoms with Gasteiger partial charge in [0.25, 0.3) is 0 Å². The molecule has 1 rings (SSSR count).